The molecule has 5 heteroatoms. The van der Waals surface area contributed by atoms with Gasteiger partial charge in [-0.15, -0.1) is 0 Å². The number of carboxylic acid groups (broad SMARTS) is 1. The minimum atomic E-state index is -1.27. The number of pyridine rings is 1. The number of imidazole rings is 1. The number of aromatic carboxylic acids is 1. The van der Waals surface area contributed by atoms with Gasteiger partial charge in [0.15, 0.2) is 0 Å². The van der Waals surface area contributed by atoms with Gasteiger partial charge in [-0.25, -0.2) is 4.98 Å². The second-order valence-electron chi connectivity index (χ2n) is 3.10. The van der Waals surface area contributed by atoms with E-state index in [4.69, 9.17) is 0 Å². The lowest BCUT2D eigenvalue weighted by atomic mass is 10.3. The summed E-state index contributed by atoms with van der Waals surface area (Å²) in [4.78, 5) is 14.7. The van der Waals surface area contributed by atoms with Gasteiger partial charge in [-0.3, -0.25) is 4.40 Å². The van der Waals surface area contributed by atoms with Crippen LogP contribution in [-0.2, 0) is 6.42 Å². The van der Waals surface area contributed by atoms with E-state index in [0.717, 1.165) is 12.1 Å². The molecule has 0 aliphatic heterocycles. The molecule has 0 saturated heterocycles. The number of fused-ring (bicyclic) bond motifs is 1. The molecule has 2 heterocycles. The molecule has 0 aliphatic carbocycles. The van der Waals surface area contributed by atoms with E-state index < -0.39 is 5.97 Å². The van der Waals surface area contributed by atoms with E-state index in [2.05, 4.69) is 20.9 Å². The SMILES string of the molecule is CCc1cccc2nc(C(=O)[O-])c(Br)n12. The zero-order valence-corrected chi connectivity index (χ0v) is 9.61. The second kappa shape index (κ2) is 3.66. The van der Waals surface area contributed by atoms with Crippen LogP contribution in [0.3, 0.4) is 0 Å². The fourth-order valence-electron chi connectivity index (χ4n) is 1.53. The fraction of sp³-hybridized carbons (Fsp3) is 0.200. The number of carbonyl (C=O) groups excluding carboxylic acids is 1. The van der Waals surface area contributed by atoms with Gasteiger partial charge in [-0.2, -0.15) is 0 Å². The molecule has 0 spiro atoms. The molecule has 0 fully saturated rings. The summed E-state index contributed by atoms with van der Waals surface area (Å²) in [6.45, 7) is 2.00. The number of hydrogen-bond donors (Lipinski definition) is 0. The molecule has 0 saturated carbocycles. The van der Waals surface area contributed by atoms with Crippen molar-refractivity contribution in [1.82, 2.24) is 9.38 Å². The van der Waals surface area contributed by atoms with E-state index in [1.54, 1.807) is 10.5 Å². The Labute approximate surface area is 94.7 Å². The van der Waals surface area contributed by atoms with Gasteiger partial charge < -0.3 is 9.90 Å². The molecule has 2 aromatic heterocycles. The number of halogens is 1. The Bertz CT molecular complexity index is 533. The summed E-state index contributed by atoms with van der Waals surface area (Å²) >= 11 is 3.22. The van der Waals surface area contributed by atoms with Gasteiger partial charge in [0, 0.05) is 5.69 Å². The topological polar surface area (TPSA) is 57.4 Å². The maximum absolute atomic E-state index is 10.8. The van der Waals surface area contributed by atoms with Crippen LogP contribution in [0, 0.1) is 0 Å². The summed E-state index contributed by atoms with van der Waals surface area (Å²) in [6, 6.07) is 5.54. The summed E-state index contributed by atoms with van der Waals surface area (Å²) in [6.07, 6.45) is 0.804. The molecule has 2 aromatic rings. The quantitative estimate of drug-likeness (QED) is 0.817. The van der Waals surface area contributed by atoms with Crippen LogP contribution in [0.25, 0.3) is 5.65 Å². The van der Waals surface area contributed by atoms with Crippen LogP contribution < -0.4 is 5.11 Å². The number of nitrogens with zero attached hydrogens (tertiary/aromatic N) is 2. The smallest absolute Gasteiger partial charge is 0.138 e. The molecular formula is C10H8BrN2O2-. The second-order valence-corrected chi connectivity index (χ2v) is 3.85. The number of carboxylic acids is 1. The zero-order valence-electron chi connectivity index (χ0n) is 8.03. The number of hydrogen-bond acceptors (Lipinski definition) is 3. The lowest BCUT2D eigenvalue weighted by Gasteiger charge is -2.03. The van der Waals surface area contributed by atoms with Crippen molar-refractivity contribution in [1.29, 1.82) is 0 Å². The van der Waals surface area contributed by atoms with Gasteiger partial charge in [0.1, 0.15) is 15.9 Å². The number of aryl methyl sites for hydroxylation is 1. The van der Waals surface area contributed by atoms with Crippen LogP contribution in [0.2, 0.25) is 0 Å². The number of rotatable bonds is 2. The molecule has 78 valence electrons. The van der Waals surface area contributed by atoms with E-state index >= 15 is 0 Å². The van der Waals surface area contributed by atoms with Gasteiger partial charge in [0.25, 0.3) is 0 Å². The molecule has 0 unspecified atom stereocenters. The molecule has 0 bridgehead atoms. The normalized spacial score (nSPS) is 10.8. The Balaban J connectivity index is 2.82. The molecule has 2 rings (SSSR count). The van der Waals surface area contributed by atoms with Gasteiger partial charge in [-0.05, 0) is 34.5 Å². The van der Waals surface area contributed by atoms with Crippen LogP contribution in [0.4, 0.5) is 0 Å². The molecule has 15 heavy (non-hydrogen) atoms. The van der Waals surface area contributed by atoms with Crippen LogP contribution in [0.5, 0.6) is 0 Å². The Morgan fingerprint density at radius 2 is 2.33 bits per heavy atom. The third kappa shape index (κ3) is 1.52. The molecule has 4 nitrogen and oxygen atoms in total. The predicted octanol–water partition coefficient (Wildman–Crippen LogP) is 1.02. The molecule has 0 atom stereocenters. The van der Waals surface area contributed by atoms with E-state index in [9.17, 15) is 9.90 Å². The lowest BCUT2D eigenvalue weighted by molar-refractivity contribution is -0.255. The van der Waals surface area contributed by atoms with Gasteiger partial charge in [-0.1, -0.05) is 13.0 Å². The van der Waals surface area contributed by atoms with E-state index in [1.165, 1.54) is 0 Å². The van der Waals surface area contributed by atoms with E-state index in [1.807, 2.05) is 19.1 Å². The van der Waals surface area contributed by atoms with Crippen LogP contribution in [-0.4, -0.2) is 15.4 Å². The highest BCUT2D eigenvalue weighted by molar-refractivity contribution is 9.10. The Morgan fingerprint density at radius 3 is 2.93 bits per heavy atom. The molecule has 0 amide bonds. The van der Waals surface area contributed by atoms with Crippen molar-refractivity contribution < 1.29 is 9.90 Å². The minimum absolute atomic E-state index is 0.0594. The zero-order chi connectivity index (χ0) is 11.0. The third-order valence-corrected chi connectivity index (χ3v) is 2.95. The van der Waals surface area contributed by atoms with Crippen molar-refractivity contribution in [3.63, 3.8) is 0 Å². The fourth-order valence-corrected chi connectivity index (χ4v) is 2.19. The molecular weight excluding hydrogens is 260 g/mol. The highest BCUT2D eigenvalue weighted by atomic mass is 79.9. The average molecular weight is 268 g/mol. The number of carbonyl (C=O) groups is 1. The summed E-state index contributed by atoms with van der Waals surface area (Å²) in [7, 11) is 0. The van der Waals surface area contributed by atoms with Crippen molar-refractivity contribution in [2.24, 2.45) is 0 Å². The first kappa shape index (κ1) is 10.2. The van der Waals surface area contributed by atoms with Gasteiger partial charge in [0.05, 0.1) is 5.97 Å². The summed E-state index contributed by atoms with van der Waals surface area (Å²) < 4.78 is 2.21. The predicted molar refractivity (Wildman–Crippen MR) is 56.6 cm³/mol. The summed E-state index contributed by atoms with van der Waals surface area (Å²) in [5, 5.41) is 10.8. The van der Waals surface area contributed by atoms with Crippen molar-refractivity contribution in [2.75, 3.05) is 0 Å². The summed E-state index contributed by atoms with van der Waals surface area (Å²) in [5.41, 5.74) is 1.55. The van der Waals surface area contributed by atoms with Crippen molar-refractivity contribution in [3.8, 4) is 0 Å². The standard InChI is InChI=1S/C10H9BrN2O2/c1-2-6-4-3-5-7-12-8(10(14)15)9(11)13(6)7/h3-5H,2H2,1H3,(H,14,15)/p-1. The van der Waals surface area contributed by atoms with Crippen LogP contribution >= 0.6 is 15.9 Å². The molecule has 0 N–H and O–H groups in total. The highest BCUT2D eigenvalue weighted by Crippen LogP contribution is 2.20. The maximum Gasteiger partial charge on any atom is 0.138 e. The van der Waals surface area contributed by atoms with Crippen molar-refractivity contribution in [2.45, 2.75) is 13.3 Å². The largest absolute Gasteiger partial charge is 0.543 e. The third-order valence-electron chi connectivity index (χ3n) is 2.22. The summed E-state index contributed by atoms with van der Waals surface area (Å²) in [5.74, 6) is -1.27. The van der Waals surface area contributed by atoms with Crippen LogP contribution in [0.15, 0.2) is 22.8 Å². The van der Waals surface area contributed by atoms with Gasteiger partial charge >= 0.3 is 0 Å². The van der Waals surface area contributed by atoms with Crippen molar-refractivity contribution in [3.05, 3.63) is 34.2 Å². The average Bonchev–Trinajstić information content (AvgIpc) is 2.56. The maximum atomic E-state index is 10.8. The Hall–Kier alpha value is -1.36. The van der Waals surface area contributed by atoms with Gasteiger partial charge in [0.2, 0.25) is 0 Å². The van der Waals surface area contributed by atoms with E-state index in [-0.39, 0.29) is 5.69 Å². The first-order valence-corrected chi connectivity index (χ1v) is 5.31. The monoisotopic (exact) mass is 267 g/mol. The number of aromatic nitrogens is 2. The molecule has 0 radical (unpaired) electrons. The van der Waals surface area contributed by atoms with Crippen LogP contribution in [0.1, 0.15) is 23.1 Å². The molecule has 0 aromatic carbocycles. The first-order valence-electron chi connectivity index (χ1n) is 4.52. The van der Waals surface area contributed by atoms with E-state index in [0.29, 0.717) is 10.3 Å². The first-order chi connectivity index (χ1) is 7.15. The van der Waals surface area contributed by atoms with Crippen molar-refractivity contribution >= 4 is 27.5 Å². The lowest BCUT2D eigenvalue weighted by Crippen LogP contribution is -2.23. The highest BCUT2D eigenvalue weighted by Gasteiger charge is 2.11. The molecule has 0 aliphatic rings. The Morgan fingerprint density at radius 1 is 1.60 bits per heavy atom. The minimum Gasteiger partial charge on any atom is -0.543 e. The Kier molecular flexibility index (Phi) is 2.48.